The Hall–Kier alpha value is -2.86. The average Bonchev–Trinajstić information content (AvgIpc) is 3.12. The van der Waals surface area contributed by atoms with E-state index in [0.717, 1.165) is 40.6 Å². The molecule has 0 radical (unpaired) electrons. The fraction of sp³-hybridized carbons (Fsp3) is 0.261. The number of carbonyl (C=O) groups is 1. The summed E-state index contributed by atoms with van der Waals surface area (Å²) in [5, 5.41) is 1.95. The Bertz CT molecular complexity index is 1170. The molecule has 3 aromatic carbocycles. The van der Waals surface area contributed by atoms with Crippen molar-refractivity contribution in [2.75, 3.05) is 26.0 Å². The molecule has 0 atom stereocenters. The van der Waals surface area contributed by atoms with Gasteiger partial charge in [-0.3, -0.25) is 4.79 Å². The first-order valence-corrected chi connectivity index (χ1v) is 11.6. The molecule has 150 valence electrons. The lowest BCUT2D eigenvalue weighted by Crippen LogP contribution is -2.29. The van der Waals surface area contributed by atoms with Gasteiger partial charge in [-0.2, -0.15) is 0 Å². The second kappa shape index (κ2) is 7.87. The molecule has 1 heterocycles. The molecule has 29 heavy (non-hydrogen) atoms. The SMILES string of the molecule is CS(=O)(=O)c1cccc(-c2ccc(OCCN3CCCC3=O)c3ccccc23)c1. The first-order chi connectivity index (χ1) is 13.9. The van der Waals surface area contributed by atoms with Crippen molar-refractivity contribution in [3.8, 4) is 16.9 Å². The van der Waals surface area contributed by atoms with Gasteiger partial charge in [0.25, 0.3) is 0 Å². The summed E-state index contributed by atoms with van der Waals surface area (Å²) in [5.74, 6) is 0.954. The summed E-state index contributed by atoms with van der Waals surface area (Å²) in [7, 11) is -3.28. The largest absolute Gasteiger partial charge is 0.491 e. The van der Waals surface area contributed by atoms with Gasteiger partial charge in [-0.05, 0) is 41.1 Å². The molecular formula is C23H23NO4S. The van der Waals surface area contributed by atoms with Crippen LogP contribution >= 0.6 is 0 Å². The summed E-state index contributed by atoms with van der Waals surface area (Å²) in [6.07, 6.45) is 2.76. The Balaban J connectivity index is 1.64. The maximum atomic E-state index is 11.9. The fourth-order valence-corrected chi connectivity index (χ4v) is 4.42. The van der Waals surface area contributed by atoms with Crippen LogP contribution in [0.5, 0.6) is 5.75 Å². The van der Waals surface area contributed by atoms with Crippen molar-refractivity contribution < 1.29 is 17.9 Å². The molecule has 0 spiro atoms. The lowest BCUT2D eigenvalue weighted by atomic mass is 9.98. The Morgan fingerprint density at radius 2 is 1.79 bits per heavy atom. The Morgan fingerprint density at radius 3 is 2.52 bits per heavy atom. The quantitative estimate of drug-likeness (QED) is 0.619. The van der Waals surface area contributed by atoms with E-state index >= 15 is 0 Å². The number of sulfone groups is 1. The number of hydrogen-bond donors (Lipinski definition) is 0. The number of fused-ring (bicyclic) bond motifs is 1. The van der Waals surface area contributed by atoms with Crippen LogP contribution in [0.4, 0.5) is 0 Å². The van der Waals surface area contributed by atoms with E-state index in [1.165, 1.54) is 6.26 Å². The molecule has 6 heteroatoms. The number of benzene rings is 3. The predicted octanol–water partition coefficient (Wildman–Crippen LogP) is 3.91. The minimum Gasteiger partial charge on any atom is -0.491 e. The van der Waals surface area contributed by atoms with Crippen molar-refractivity contribution >= 4 is 26.5 Å². The standard InChI is InChI=1S/C23H23NO4S/c1-29(26,27)18-7-4-6-17(16-18)19-11-12-22(21-9-3-2-8-20(19)21)28-15-14-24-13-5-10-23(24)25/h2-4,6-9,11-12,16H,5,10,13-15H2,1H3. The zero-order valence-corrected chi connectivity index (χ0v) is 17.1. The molecule has 0 aromatic heterocycles. The van der Waals surface area contributed by atoms with Gasteiger partial charge in [-0.15, -0.1) is 0 Å². The van der Waals surface area contributed by atoms with Crippen LogP contribution < -0.4 is 4.74 Å². The van der Waals surface area contributed by atoms with E-state index in [9.17, 15) is 13.2 Å². The number of carbonyl (C=O) groups excluding carboxylic acids is 1. The van der Waals surface area contributed by atoms with Crippen LogP contribution in [0.15, 0.2) is 65.6 Å². The molecule has 0 bridgehead atoms. The number of rotatable bonds is 6. The van der Waals surface area contributed by atoms with Crippen molar-refractivity contribution in [2.24, 2.45) is 0 Å². The first-order valence-electron chi connectivity index (χ1n) is 9.66. The molecule has 0 N–H and O–H groups in total. The molecule has 3 aromatic rings. The molecule has 0 unspecified atom stereocenters. The monoisotopic (exact) mass is 409 g/mol. The molecular weight excluding hydrogens is 386 g/mol. The van der Waals surface area contributed by atoms with Crippen molar-refractivity contribution in [3.05, 3.63) is 60.7 Å². The summed E-state index contributed by atoms with van der Waals surface area (Å²) in [6, 6.07) is 18.8. The van der Waals surface area contributed by atoms with Gasteiger partial charge in [-0.25, -0.2) is 8.42 Å². The average molecular weight is 410 g/mol. The highest BCUT2D eigenvalue weighted by Gasteiger charge is 2.19. The molecule has 1 aliphatic heterocycles. The third kappa shape index (κ3) is 4.12. The molecule has 1 amide bonds. The summed E-state index contributed by atoms with van der Waals surface area (Å²) >= 11 is 0. The van der Waals surface area contributed by atoms with Crippen LogP contribution in [0.25, 0.3) is 21.9 Å². The fourth-order valence-electron chi connectivity index (χ4n) is 3.75. The van der Waals surface area contributed by atoms with Gasteiger partial charge in [0.15, 0.2) is 9.84 Å². The highest BCUT2D eigenvalue weighted by molar-refractivity contribution is 7.90. The number of amides is 1. The molecule has 0 aliphatic carbocycles. The smallest absolute Gasteiger partial charge is 0.222 e. The Kier molecular flexibility index (Phi) is 5.28. The molecule has 1 saturated heterocycles. The molecule has 5 nitrogen and oxygen atoms in total. The topological polar surface area (TPSA) is 63.7 Å². The van der Waals surface area contributed by atoms with Gasteiger partial charge in [0.2, 0.25) is 5.91 Å². The zero-order chi connectivity index (χ0) is 20.4. The predicted molar refractivity (Wildman–Crippen MR) is 114 cm³/mol. The molecule has 4 rings (SSSR count). The van der Waals surface area contributed by atoms with E-state index in [2.05, 4.69) is 0 Å². The van der Waals surface area contributed by atoms with E-state index in [4.69, 9.17) is 4.74 Å². The van der Waals surface area contributed by atoms with Crippen molar-refractivity contribution in [3.63, 3.8) is 0 Å². The van der Waals surface area contributed by atoms with Crippen molar-refractivity contribution in [1.82, 2.24) is 4.90 Å². The summed E-state index contributed by atoms with van der Waals surface area (Å²) in [5.41, 5.74) is 1.80. The van der Waals surface area contributed by atoms with Crippen LogP contribution in [0.3, 0.4) is 0 Å². The lowest BCUT2D eigenvalue weighted by molar-refractivity contribution is -0.128. The highest BCUT2D eigenvalue weighted by atomic mass is 32.2. The van der Waals surface area contributed by atoms with Gasteiger partial charge in [0.05, 0.1) is 11.4 Å². The minimum atomic E-state index is -3.28. The van der Waals surface area contributed by atoms with Gasteiger partial charge in [0.1, 0.15) is 12.4 Å². The van der Waals surface area contributed by atoms with Crippen molar-refractivity contribution in [2.45, 2.75) is 17.7 Å². The van der Waals surface area contributed by atoms with Crippen molar-refractivity contribution in [1.29, 1.82) is 0 Å². The normalized spacial score (nSPS) is 14.5. The van der Waals surface area contributed by atoms with E-state index in [1.54, 1.807) is 18.2 Å². The number of ether oxygens (including phenoxy) is 1. The van der Waals surface area contributed by atoms with Gasteiger partial charge in [0, 0.05) is 24.6 Å². The second-order valence-electron chi connectivity index (χ2n) is 7.29. The van der Waals surface area contributed by atoms with Crippen LogP contribution in [0, 0.1) is 0 Å². The third-order valence-electron chi connectivity index (χ3n) is 5.25. The van der Waals surface area contributed by atoms with Gasteiger partial charge >= 0.3 is 0 Å². The van der Waals surface area contributed by atoms with E-state index in [0.29, 0.717) is 24.5 Å². The Morgan fingerprint density at radius 1 is 1.00 bits per heavy atom. The van der Waals surface area contributed by atoms with E-state index in [1.807, 2.05) is 47.4 Å². The van der Waals surface area contributed by atoms with Gasteiger partial charge in [-0.1, -0.05) is 42.5 Å². The molecule has 0 saturated carbocycles. The summed E-state index contributed by atoms with van der Waals surface area (Å²) < 4.78 is 29.9. The number of likely N-dealkylation sites (tertiary alicyclic amines) is 1. The zero-order valence-electron chi connectivity index (χ0n) is 16.3. The van der Waals surface area contributed by atoms with E-state index in [-0.39, 0.29) is 5.91 Å². The van der Waals surface area contributed by atoms with Crippen LogP contribution in [0.1, 0.15) is 12.8 Å². The van der Waals surface area contributed by atoms with Crippen LogP contribution in [0.2, 0.25) is 0 Å². The van der Waals surface area contributed by atoms with E-state index < -0.39 is 9.84 Å². The second-order valence-corrected chi connectivity index (χ2v) is 9.31. The highest BCUT2D eigenvalue weighted by Crippen LogP contribution is 2.35. The number of nitrogens with zero attached hydrogens (tertiary/aromatic N) is 1. The Labute approximate surface area is 170 Å². The van der Waals surface area contributed by atoms with Crippen LogP contribution in [-0.2, 0) is 14.6 Å². The lowest BCUT2D eigenvalue weighted by Gasteiger charge is -2.17. The molecule has 1 aliphatic rings. The van der Waals surface area contributed by atoms with Gasteiger partial charge < -0.3 is 9.64 Å². The number of hydrogen-bond acceptors (Lipinski definition) is 4. The molecule has 1 fully saturated rings. The third-order valence-corrected chi connectivity index (χ3v) is 6.36. The minimum absolute atomic E-state index is 0.194. The summed E-state index contributed by atoms with van der Waals surface area (Å²) in [6.45, 7) is 1.84. The summed E-state index contributed by atoms with van der Waals surface area (Å²) in [4.78, 5) is 13.9. The van der Waals surface area contributed by atoms with Crippen LogP contribution in [-0.4, -0.2) is 45.2 Å². The maximum Gasteiger partial charge on any atom is 0.222 e. The first kappa shape index (κ1) is 19.5. The maximum absolute atomic E-state index is 11.9.